The standard InChI is InChI=1S/C11H17N7/c12-5-8-3-1-2-4-9(8)14-10-6-13-7-11-15-16-17-18(10)11/h6-9,14H,1-5,12H2. The van der Waals surface area contributed by atoms with E-state index in [0.717, 1.165) is 18.8 Å². The Morgan fingerprint density at radius 1 is 1.33 bits per heavy atom. The van der Waals surface area contributed by atoms with Crippen LogP contribution >= 0.6 is 0 Å². The third-order valence-corrected chi connectivity index (χ3v) is 3.65. The molecule has 2 heterocycles. The van der Waals surface area contributed by atoms with Gasteiger partial charge in [0, 0.05) is 6.04 Å². The minimum absolute atomic E-state index is 0.389. The zero-order chi connectivity index (χ0) is 12.4. The van der Waals surface area contributed by atoms with Crippen molar-refractivity contribution < 1.29 is 0 Å². The molecular formula is C11H17N7. The molecule has 0 aliphatic heterocycles. The van der Waals surface area contributed by atoms with E-state index in [2.05, 4.69) is 25.8 Å². The molecule has 2 atom stereocenters. The molecule has 0 radical (unpaired) electrons. The molecule has 3 N–H and O–H groups in total. The van der Waals surface area contributed by atoms with Gasteiger partial charge in [-0.3, -0.25) is 4.98 Å². The number of aromatic nitrogens is 5. The maximum atomic E-state index is 5.84. The van der Waals surface area contributed by atoms with Crippen molar-refractivity contribution in [3.63, 3.8) is 0 Å². The first kappa shape index (κ1) is 11.3. The van der Waals surface area contributed by atoms with Crippen LogP contribution in [0, 0.1) is 5.92 Å². The Balaban J connectivity index is 1.84. The van der Waals surface area contributed by atoms with Crippen LogP contribution in [0.3, 0.4) is 0 Å². The quantitative estimate of drug-likeness (QED) is 0.817. The number of hydrogen-bond donors (Lipinski definition) is 2. The van der Waals surface area contributed by atoms with Crippen LogP contribution < -0.4 is 11.1 Å². The van der Waals surface area contributed by atoms with Crippen LogP contribution in [-0.4, -0.2) is 37.6 Å². The van der Waals surface area contributed by atoms with Gasteiger partial charge in [-0.1, -0.05) is 12.8 Å². The van der Waals surface area contributed by atoms with Gasteiger partial charge in [-0.05, 0) is 35.7 Å². The minimum Gasteiger partial charge on any atom is -0.366 e. The number of fused-ring (bicyclic) bond motifs is 1. The molecule has 1 fully saturated rings. The minimum atomic E-state index is 0.389. The maximum Gasteiger partial charge on any atom is 0.199 e. The van der Waals surface area contributed by atoms with Crippen molar-refractivity contribution in [2.75, 3.05) is 11.9 Å². The third-order valence-electron chi connectivity index (χ3n) is 3.65. The molecule has 1 aliphatic rings. The van der Waals surface area contributed by atoms with E-state index in [9.17, 15) is 0 Å². The van der Waals surface area contributed by atoms with Crippen LogP contribution in [0.5, 0.6) is 0 Å². The lowest BCUT2D eigenvalue weighted by molar-refractivity contribution is 0.331. The van der Waals surface area contributed by atoms with Crippen molar-refractivity contribution in [1.82, 2.24) is 25.0 Å². The first-order chi connectivity index (χ1) is 8.88. The molecule has 7 nitrogen and oxygen atoms in total. The van der Waals surface area contributed by atoms with Crippen molar-refractivity contribution in [3.8, 4) is 0 Å². The fraction of sp³-hybridized carbons (Fsp3) is 0.636. The molecule has 3 rings (SSSR count). The average Bonchev–Trinajstić information content (AvgIpc) is 2.89. The van der Waals surface area contributed by atoms with Crippen LogP contribution in [0.2, 0.25) is 0 Å². The van der Waals surface area contributed by atoms with E-state index < -0.39 is 0 Å². The fourth-order valence-corrected chi connectivity index (χ4v) is 2.64. The van der Waals surface area contributed by atoms with E-state index in [1.807, 2.05) is 0 Å². The molecule has 1 aliphatic carbocycles. The molecule has 1 saturated carbocycles. The highest BCUT2D eigenvalue weighted by molar-refractivity contribution is 5.44. The van der Waals surface area contributed by atoms with Gasteiger partial charge in [0.2, 0.25) is 0 Å². The van der Waals surface area contributed by atoms with Crippen LogP contribution in [0.15, 0.2) is 12.4 Å². The number of tetrazole rings is 1. The zero-order valence-electron chi connectivity index (χ0n) is 10.2. The Morgan fingerprint density at radius 2 is 2.22 bits per heavy atom. The molecular weight excluding hydrogens is 230 g/mol. The van der Waals surface area contributed by atoms with Gasteiger partial charge in [-0.15, -0.1) is 5.10 Å². The first-order valence-electron chi connectivity index (χ1n) is 6.37. The number of nitrogens with one attached hydrogen (secondary N) is 1. The van der Waals surface area contributed by atoms with E-state index in [1.165, 1.54) is 19.3 Å². The lowest BCUT2D eigenvalue weighted by Crippen LogP contribution is -2.37. The molecule has 0 aromatic carbocycles. The van der Waals surface area contributed by atoms with Crippen LogP contribution in [0.4, 0.5) is 5.82 Å². The highest BCUT2D eigenvalue weighted by atomic mass is 15.5. The number of nitrogens with zero attached hydrogens (tertiary/aromatic N) is 5. The molecule has 18 heavy (non-hydrogen) atoms. The molecule has 96 valence electrons. The molecule has 7 heteroatoms. The van der Waals surface area contributed by atoms with Crippen molar-refractivity contribution >= 4 is 11.5 Å². The molecule has 2 aromatic rings. The Bertz CT molecular complexity index is 523. The van der Waals surface area contributed by atoms with E-state index in [4.69, 9.17) is 5.73 Å². The van der Waals surface area contributed by atoms with Gasteiger partial charge in [-0.2, -0.15) is 4.52 Å². The first-order valence-corrected chi connectivity index (χ1v) is 6.37. The van der Waals surface area contributed by atoms with Gasteiger partial charge in [-0.25, -0.2) is 0 Å². The second-order valence-electron chi connectivity index (χ2n) is 4.77. The zero-order valence-corrected chi connectivity index (χ0v) is 10.2. The smallest absolute Gasteiger partial charge is 0.199 e. The van der Waals surface area contributed by atoms with Crippen molar-refractivity contribution in [2.24, 2.45) is 11.7 Å². The SMILES string of the molecule is NCC1CCCCC1Nc1cncc2nnnn12. The molecule has 0 saturated heterocycles. The highest BCUT2D eigenvalue weighted by Gasteiger charge is 2.24. The summed E-state index contributed by atoms with van der Waals surface area (Å²) < 4.78 is 1.68. The average molecular weight is 247 g/mol. The Kier molecular flexibility index (Phi) is 3.06. The van der Waals surface area contributed by atoms with Gasteiger partial charge in [0.25, 0.3) is 0 Å². The Morgan fingerprint density at radius 3 is 3.11 bits per heavy atom. The normalized spacial score (nSPS) is 24.3. The molecule has 0 amide bonds. The topological polar surface area (TPSA) is 94.0 Å². The second-order valence-corrected chi connectivity index (χ2v) is 4.77. The second kappa shape index (κ2) is 4.85. The summed E-state index contributed by atoms with van der Waals surface area (Å²) in [7, 11) is 0. The summed E-state index contributed by atoms with van der Waals surface area (Å²) in [5, 5.41) is 15.0. The Hall–Kier alpha value is -1.76. The van der Waals surface area contributed by atoms with E-state index in [1.54, 1.807) is 16.9 Å². The number of rotatable bonds is 3. The number of anilines is 1. The van der Waals surface area contributed by atoms with Gasteiger partial charge in [0.15, 0.2) is 11.5 Å². The molecule has 2 unspecified atom stereocenters. The number of hydrogen-bond acceptors (Lipinski definition) is 6. The van der Waals surface area contributed by atoms with Gasteiger partial charge >= 0.3 is 0 Å². The summed E-state index contributed by atoms with van der Waals surface area (Å²) in [4.78, 5) is 4.14. The van der Waals surface area contributed by atoms with Crippen molar-refractivity contribution in [3.05, 3.63) is 12.4 Å². The summed E-state index contributed by atoms with van der Waals surface area (Å²) in [6, 6.07) is 0.389. The third kappa shape index (κ3) is 2.01. The highest BCUT2D eigenvalue weighted by Crippen LogP contribution is 2.26. The van der Waals surface area contributed by atoms with E-state index in [0.29, 0.717) is 17.6 Å². The van der Waals surface area contributed by atoms with Gasteiger partial charge < -0.3 is 11.1 Å². The van der Waals surface area contributed by atoms with Crippen LogP contribution in [-0.2, 0) is 0 Å². The number of nitrogens with two attached hydrogens (primary N) is 1. The maximum absolute atomic E-state index is 5.84. The van der Waals surface area contributed by atoms with Crippen LogP contribution in [0.25, 0.3) is 5.65 Å². The monoisotopic (exact) mass is 247 g/mol. The van der Waals surface area contributed by atoms with Gasteiger partial charge in [0.05, 0.1) is 12.4 Å². The summed E-state index contributed by atoms with van der Waals surface area (Å²) in [5.41, 5.74) is 6.49. The van der Waals surface area contributed by atoms with E-state index in [-0.39, 0.29) is 0 Å². The van der Waals surface area contributed by atoms with Crippen molar-refractivity contribution in [2.45, 2.75) is 31.7 Å². The molecule has 0 bridgehead atoms. The van der Waals surface area contributed by atoms with E-state index >= 15 is 0 Å². The molecule has 0 spiro atoms. The molecule has 2 aromatic heterocycles. The predicted molar refractivity (Wildman–Crippen MR) is 67.0 cm³/mol. The lowest BCUT2D eigenvalue weighted by Gasteiger charge is -2.31. The summed E-state index contributed by atoms with van der Waals surface area (Å²) >= 11 is 0. The summed E-state index contributed by atoms with van der Waals surface area (Å²) in [6.07, 6.45) is 8.24. The summed E-state index contributed by atoms with van der Waals surface area (Å²) in [5.74, 6) is 1.35. The Labute approximate surface area is 105 Å². The van der Waals surface area contributed by atoms with Gasteiger partial charge in [0.1, 0.15) is 0 Å². The van der Waals surface area contributed by atoms with Crippen molar-refractivity contribution in [1.29, 1.82) is 0 Å². The fourth-order valence-electron chi connectivity index (χ4n) is 2.64. The lowest BCUT2D eigenvalue weighted by atomic mass is 9.84. The largest absolute Gasteiger partial charge is 0.366 e. The summed E-state index contributed by atoms with van der Waals surface area (Å²) in [6.45, 7) is 0.719. The predicted octanol–water partition coefficient (Wildman–Crippen LogP) is 0.449. The van der Waals surface area contributed by atoms with Crippen LogP contribution in [0.1, 0.15) is 25.7 Å².